The monoisotopic (exact) mass is 563 g/mol. The topological polar surface area (TPSA) is 66.1 Å². The van der Waals surface area contributed by atoms with E-state index in [4.69, 9.17) is 5.73 Å². The van der Waals surface area contributed by atoms with Gasteiger partial charge in [0, 0.05) is 32.7 Å². The molecular formula is C22H29F3IN5O. The van der Waals surface area contributed by atoms with Crippen molar-refractivity contribution in [1.82, 2.24) is 9.80 Å². The molecule has 10 heteroatoms. The van der Waals surface area contributed by atoms with Crippen molar-refractivity contribution in [1.29, 1.82) is 0 Å². The predicted molar refractivity (Wildman–Crippen MR) is 131 cm³/mol. The van der Waals surface area contributed by atoms with Crippen LogP contribution < -0.4 is 15.8 Å². The first-order chi connectivity index (χ1) is 14.8. The van der Waals surface area contributed by atoms with Crippen LogP contribution in [0.25, 0.3) is 0 Å². The molecule has 0 radical (unpaired) electrons. The van der Waals surface area contributed by atoms with Gasteiger partial charge < -0.3 is 20.7 Å². The minimum absolute atomic E-state index is 0. The van der Waals surface area contributed by atoms with Crippen molar-refractivity contribution in [2.24, 2.45) is 10.7 Å². The number of benzene rings is 2. The Balaban J connectivity index is 0.00000363. The zero-order valence-electron chi connectivity index (χ0n) is 17.9. The highest BCUT2D eigenvalue weighted by molar-refractivity contribution is 14.0. The van der Waals surface area contributed by atoms with Crippen LogP contribution in [0.3, 0.4) is 0 Å². The van der Waals surface area contributed by atoms with Crippen LogP contribution in [-0.2, 0) is 13.1 Å². The van der Waals surface area contributed by atoms with Crippen LogP contribution in [0, 0.1) is 0 Å². The van der Waals surface area contributed by atoms with Gasteiger partial charge in [-0.05, 0) is 29.8 Å². The number of halogens is 4. The summed E-state index contributed by atoms with van der Waals surface area (Å²) in [6.07, 6.45) is -4.79. The molecular weight excluding hydrogens is 534 g/mol. The number of alkyl halides is 3. The van der Waals surface area contributed by atoms with Gasteiger partial charge >= 0.3 is 6.36 Å². The number of nitrogens with one attached hydrogen (secondary N) is 1. The maximum Gasteiger partial charge on any atom is 0.573 e. The minimum Gasteiger partial charge on any atom is -0.404 e. The largest absolute Gasteiger partial charge is 0.573 e. The van der Waals surface area contributed by atoms with Crippen molar-refractivity contribution in [3.8, 4) is 5.75 Å². The van der Waals surface area contributed by atoms with Gasteiger partial charge in [0.15, 0.2) is 11.7 Å². The summed E-state index contributed by atoms with van der Waals surface area (Å²) in [5.41, 5.74) is 8.24. The molecule has 32 heavy (non-hydrogen) atoms. The van der Waals surface area contributed by atoms with Gasteiger partial charge in [-0.15, -0.1) is 37.1 Å². The summed E-state index contributed by atoms with van der Waals surface area (Å²) in [6.45, 7) is 8.57. The molecule has 1 fully saturated rings. The van der Waals surface area contributed by atoms with Crippen molar-refractivity contribution >= 4 is 35.6 Å². The van der Waals surface area contributed by atoms with Crippen LogP contribution in [-0.4, -0.2) is 54.8 Å². The Labute approximate surface area is 203 Å². The molecule has 0 atom stereocenters. The highest BCUT2D eigenvalue weighted by atomic mass is 127. The summed E-state index contributed by atoms with van der Waals surface area (Å²) in [4.78, 5) is 9.17. The summed E-state index contributed by atoms with van der Waals surface area (Å²) in [7, 11) is 0. The van der Waals surface area contributed by atoms with Crippen molar-refractivity contribution in [3.05, 3.63) is 59.7 Å². The Bertz CT molecular complexity index is 886. The van der Waals surface area contributed by atoms with Crippen LogP contribution in [0.1, 0.15) is 18.1 Å². The molecule has 0 aromatic heterocycles. The van der Waals surface area contributed by atoms with Gasteiger partial charge in [0.05, 0.1) is 12.2 Å². The summed E-state index contributed by atoms with van der Waals surface area (Å²) in [6, 6.07) is 13.7. The number of aliphatic imine (C=N–C) groups is 1. The number of anilines is 1. The zero-order valence-corrected chi connectivity index (χ0v) is 20.3. The van der Waals surface area contributed by atoms with Gasteiger partial charge in [0.2, 0.25) is 0 Å². The molecule has 0 spiro atoms. The number of ether oxygens (including phenoxy) is 1. The minimum atomic E-state index is -4.79. The van der Waals surface area contributed by atoms with Crippen LogP contribution >= 0.6 is 24.0 Å². The van der Waals surface area contributed by atoms with Crippen LogP contribution in [0.15, 0.2) is 53.5 Å². The number of rotatable bonds is 7. The van der Waals surface area contributed by atoms with Crippen molar-refractivity contribution < 1.29 is 17.9 Å². The van der Waals surface area contributed by atoms with Crippen LogP contribution in [0.4, 0.5) is 18.9 Å². The summed E-state index contributed by atoms with van der Waals surface area (Å²) in [5.74, 6) is -0.343. The van der Waals surface area contributed by atoms with Crippen molar-refractivity contribution in [3.63, 3.8) is 0 Å². The van der Waals surface area contributed by atoms with E-state index in [-0.39, 0.29) is 41.4 Å². The molecule has 3 rings (SSSR count). The van der Waals surface area contributed by atoms with E-state index in [0.717, 1.165) is 44.8 Å². The third-order valence-electron chi connectivity index (χ3n) is 5.22. The molecule has 1 saturated heterocycles. The number of hydrogen-bond acceptors (Lipinski definition) is 4. The van der Waals surface area contributed by atoms with Gasteiger partial charge in [-0.2, -0.15) is 0 Å². The normalized spacial score (nSPS) is 15.8. The Morgan fingerprint density at radius 2 is 1.59 bits per heavy atom. The van der Waals surface area contributed by atoms with E-state index in [1.165, 1.54) is 23.8 Å². The first kappa shape index (κ1) is 26.2. The van der Waals surface area contributed by atoms with Crippen LogP contribution in [0.2, 0.25) is 0 Å². The van der Waals surface area contributed by atoms with Gasteiger partial charge in [-0.3, -0.25) is 4.90 Å². The zero-order chi connectivity index (χ0) is 22.3. The van der Waals surface area contributed by atoms with E-state index >= 15 is 0 Å². The molecule has 1 heterocycles. The fourth-order valence-corrected chi connectivity index (χ4v) is 3.50. The number of para-hydroxylation sites is 2. The lowest BCUT2D eigenvalue weighted by Gasteiger charge is -2.34. The summed E-state index contributed by atoms with van der Waals surface area (Å²) < 4.78 is 41.8. The average molecular weight is 563 g/mol. The number of hydrogen-bond donors (Lipinski definition) is 2. The predicted octanol–water partition coefficient (Wildman–Crippen LogP) is 4.27. The first-order valence-corrected chi connectivity index (χ1v) is 10.3. The van der Waals surface area contributed by atoms with E-state index in [9.17, 15) is 13.2 Å². The Kier molecular flexibility index (Phi) is 10.0. The van der Waals surface area contributed by atoms with E-state index < -0.39 is 6.36 Å². The molecule has 2 aromatic rings. The van der Waals surface area contributed by atoms with Gasteiger partial charge in [0.25, 0.3) is 0 Å². The number of nitrogens with two attached hydrogens (primary N) is 1. The van der Waals surface area contributed by atoms with Gasteiger partial charge in [-0.25, -0.2) is 4.99 Å². The molecule has 0 saturated carbocycles. The van der Waals surface area contributed by atoms with Gasteiger partial charge in [-0.1, -0.05) is 43.3 Å². The molecule has 0 aliphatic carbocycles. The van der Waals surface area contributed by atoms with Crippen LogP contribution in [0.5, 0.6) is 5.75 Å². The quantitative estimate of drug-likeness (QED) is 0.300. The highest BCUT2D eigenvalue weighted by Gasteiger charge is 2.32. The van der Waals surface area contributed by atoms with Crippen molar-refractivity contribution in [2.75, 3.05) is 38.0 Å². The smallest absolute Gasteiger partial charge is 0.404 e. The number of guanidine groups is 1. The molecule has 3 N–H and O–H groups in total. The molecule has 0 amide bonds. The molecule has 6 nitrogen and oxygen atoms in total. The number of likely N-dealkylation sites (N-methyl/N-ethyl adjacent to an activating group) is 1. The van der Waals surface area contributed by atoms with Crippen molar-refractivity contribution in [2.45, 2.75) is 26.4 Å². The standard InChI is InChI=1S/C22H28F3N5O.HI/c1-2-29-11-13-30(14-12-29)16-18-8-4-3-7-17(18)15-27-21(26)28-19-9-5-6-10-20(19)31-22(23,24)25;/h3-10H,2,11-16H2,1H3,(H3,26,27,28);1H. The molecule has 0 bridgehead atoms. The molecule has 2 aromatic carbocycles. The summed E-state index contributed by atoms with van der Waals surface area (Å²) >= 11 is 0. The Morgan fingerprint density at radius 3 is 2.25 bits per heavy atom. The molecule has 1 aliphatic heterocycles. The second-order valence-corrected chi connectivity index (χ2v) is 7.35. The fraction of sp³-hybridized carbons (Fsp3) is 0.409. The molecule has 0 unspecified atom stereocenters. The fourth-order valence-electron chi connectivity index (χ4n) is 3.50. The lowest BCUT2D eigenvalue weighted by molar-refractivity contribution is -0.274. The average Bonchev–Trinajstić information content (AvgIpc) is 2.74. The van der Waals surface area contributed by atoms with E-state index in [1.807, 2.05) is 18.2 Å². The van der Waals surface area contributed by atoms with E-state index in [2.05, 4.69) is 37.8 Å². The lowest BCUT2D eigenvalue weighted by atomic mass is 10.1. The molecule has 1 aliphatic rings. The third-order valence-corrected chi connectivity index (χ3v) is 5.22. The lowest BCUT2D eigenvalue weighted by Crippen LogP contribution is -2.45. The molecule has 176 valence electrons. The van der Waals surface area contributed by atoms with E-state index in [1.54, 1.807) is 6.07 Å². The number of piperazine rings is 1. The highest BCUT2D eigenvalue weighted by Crippen LogP contribution is 2.29. The second kappa shape index (κ2) is 12.3. The van der Waals surface area contributed by atoms with E-state index in [0.29, 0.717) is 6.54 Å². The third kappa shape index (κ3) is 8.14. The van der Waals surface area contributed by atoms with Gasteiger partial charge in [0.1, 0.15) is 0 Å². The SMILES string of the molecule is CCN1CCN(Cc2ccccc2CN=C(N)Nc2ccccc2OC(F)(F)F)CC1.I. The Hall–Kier alpha value is -2.05. The first-order valence-electron chi connectivity index (χ1n) is 10.3. The summed E-state index contributed by atoms with van der Waals surface area (Å²) in [5, 5.41) is 2.70. The maximum absolute atomic E-state index is 12.6. The maximum atomic E-state index is 12.6. The number of nitrogens with zero attached hydrogens (tertiary/aromatic N) is 3. The second-order valence-electron chi connectivity index (χ2n) is 7.35. The Morgan fingerprint density at radius 1 is 1.00 bits per heavy atom.